The molecule has 3 rings (SSSR count). The van der Waals surface area contributed by atoms with Crippen LogP contribution in [0.15, 0.2) is 42.5 Å². The van der Waals surface area contributed by atoms with Crippen LogP contribution in [-0.4, -0.2) is 12.8 Å². The van der Waals surface area contributed by atoms with E-state index >= 15 is 0 Å². The highest BCUT2D eigenvalue weighted by atomic mass is 16.1. The lowest BCUT2D eigenvalue weighted by Gasteiger charge is -2.26. The molecule has 21 heavy (non-hydrogen) atoms. The van der Waals surface area contributed by atoms with Gasteiger partial charge in [-0.05, 0) is 49.1 Å². The van der Waals surface area contributed by atoms with Crippen molar-refractivity contribution in [3.63, 3.8) is 0 Å². The molecule has 0 amide bonds. The number of rotatable bonds is 2. The second-order valence-corrected chi connectivity index (χ2v) is 5.24. The first kappa shape index (κ1) is 13.4. The van der Waals surface area contributed by atoms with Gasteiger partial charge in [0.1, 0.15) is 12.4 Å². The van der Waals surface area contributed by atoms with Gasteiger partial charge in [0.05, 0.1) is 11.3 Å². The summed E-state index contributed by atoms with van der Waals surface area (Å²) in [5.41, 5.74) is 4.47. The number of para-hydroxylation sites is 1. The molecule has 3 nitrogen and oxygen atoms in total. The Balaban J connectivity index is 2.12. The molecule has 0 spiro atoms. The first-order valence-electron chi connectivity index (χ1n) is 7.18. The van der Waals surface area contributed by atoms with Gasteiger partial charge in [0.15, 0.2) is 0 Å². The first-order chi connectivity index (χ1) is 10.3. The first-order valence-corrected chi connectivity index (χ1v) is 7.18. The number of carbonyl (C=O) groups is 1. The van der Waals surface area contributed by atoms with Gasteiger partial charge in [-0.1, -0.05) is 18.2 Å². The molecule has 0 bridgehead atoms. The largest absolute Gasteiger partial charge is 0.340 e. The third-order valence-electron chi connectivity index (χ3n) is 3.93. The highest BCUT2D eigenvalue weighted by molar-refractivity contribution is 5.80. The normalized spacial score (nSPS) is 14.0. The van der Waals surface area contributed by atoms with Gasteiger partial charge in [0, 0.05) is 17.8 Å². The molecule has 0 radical (unpaired) electrons. The molecule has 3 heteroatoms. The minimum Gasteiger partial charge on any atom is -0.340 e. The molecule has 0 saturated carbocycles. The van der Waals surface area contributed by atoms with Gasteiger partial charge in [0.2, 0.25) is 0 Å². The molecule has 0 atom stereocenters. The maximum atomic E-state index is 10.9. The van der Waals surface area contributed by atoms with E-state index in [1.165, 1.54) is 11.3 Å². The number of anilines is 2. The number of fused-ring (bicyclic) bond motifs is 1. The van der Waals surface area contributed by atoms with E-state index in [1.807, 2.05) is 12.1 Å². The molecule has 0 fully saturated rings. The Morgan fingerprint density at radius 1 is 1.10 bits per heavy atom. The van der Waals surface area contributed by atoms with Crippen molar-refractivity contribution < 1.29 is 4.79 Å². The minimum atomic E-state index is 0.540. The number of hydrogen-bond donors (Lipinski definition) is 0. The summed E-state index contributed by atoms with van der Waals surface area (Å²) in [6.45, 7) is 0.895. The molecular formula is C18H16N2O. The van der Waals surface area contributed by atoms with Gasteiger partial charge in [-0.3, -0.25) is 4.79 Å². The topological polar surface area (TPSA) is 44.1 Å². The van der Waals surface area contributed by atoms with Crippen molar-refractivity contribution in [2.75, 3.05) is 11.4 Å². The van der Waals surface area contributed by atoms with Gasteiger partial charge >= 0.3 is 0 Å². The Labute approximate surface area is 124 Å². The summed E-state index contributed by atoms with van der Waals surface area (Å²) in [5, 5.41) is 9.39. The predicted octanol–water partition coefficient (Wildman–Crippen LogP) is 3.85. The molecule has 0 aromatic heterocycles. The Morgan fingerprint density at radius 2 is 1.95 bits per heavy atom. The molecule has 104 valence electrons. The van der Waals surface area contributed by atoms with Gasteiger partial charge < -0.3 is 4.90 Å². The molecule has 0 unspecified atom stereocenters. The molecule has 0 saturated heterocycles. The molecule has 1 aliphatic rings. The van der Waals surface area contributed by atoms with Crippen molar-refractivity contribution in [3.8, 4) is 6.07 Å². The quantitative estimate of drug-likeness (QED) is 0.783. The summed E-state index contributed by atoms with van der Waals surface area (Å²) in [6.07, 6.45) is 4.10. The Hall–Kier alpha value is -2.60. The summed E-state index contributed by atoms with van der Waals surface area (Å²) in [6, 6.07) is 15.9. The van der Waals surface area contributed by atoms with Crippen molar-refractivity contribution in [1.29, 1.82) is 5.26 Å². The van der Waals surface area contributed by atoms with Gasteiger partial charge in [-0.25, -0.2) is 0 Å². The van der Waals surface area contributed by atoms with Crippen molar-refractivity contribution in [2.24, 2.45) is 0 Å². The van der Waals surface area contributed by atoms with Crippen LogP contribution in [0.25, 0.3) is 0 Å². The van der Waals surface area contributed by atoms with Crippen LogP contribution in [0, 0.1) is 11.3 Å². The summed E-state index contributed by atoms with van der Waals surface area (Å²) in [5.74, 6) is 0. The van der Waals surface area contributed by atoms with E-state index in [-0.39, 0.29) is 0 Å². The molecular weight excluding hydrogens is 260 g/mol. The maximum Gasteiger partial charge on any atom is 0.150 e. The summed E-state index contributed by atoms with van der Waals surface area (Å²) in [4.78, 5) is 13.1. The van der Waals surface area contributed by atoms with E-state index in [9.17, 15) is 10.1 Å². The number of nitriles is 1. The van der Waals surface area contributed by atoms with Crippen LogP contribution in [0.4, 0.5) is 11.4 Å². The molecule has 1 heterocycles. The lowest BCUT2D eigenvalue weighted by molar-refractivity contribution is 0.112. The highest BCUT2D eigenvalue weighted by Gasteiger charge is 2.19. The third-order valence-corrected chi connectivity index (χ3v) is 3.93. The molecule has 0 aliphatic carbocycles. The fourth-order valence-corrected chi connectivity index (χ4v) is 2.89. The van der Waals surface area contributed by atoms with Crippen molar-refractivity contribution in [2.45, 2.75) is 19.3 Å². The van der Waals surface area contributed by atoms with Gasteiger partial charge in [-0.2, -0.15) is 5.26 Å². The zero-order valence-corrected chi connectivity index (χ0v) is 11.7. The molecule has 2 aromatic carbocycles. The van der Waals surface area contributed by atoms with Crippen LogP contribution >= 0.6 is 0 Å². The van der Waals surface area contributed by atoms with Crippen LogP contribution in [0.5, 0.6) is 0 Å². The minimum absolute atomic E-state index is 0.540. The lowest BCUT2D eigenvalue weighted by Crippen LogP contribution is -2.19. The third kappa shape index (κ3) is 2.53. The monoisotopic (exact) mass is 276 g/mol. The molecule has 1 aliphatic heterocycles. The number of benzene rings is 2. The van der Waals surface area contributed by atoms with E-state index in [2.05, 4.69) is 29.2 Å². The number of carbonyl (C=O) groups excluding carboxylic acids is 1. The Kier molecular flexibility index (Phi) is 3.70. The van der Waals surface area contributed by atoms with Crippen LogP contribution in [0.3, 0.4) is 0 Å². The van der Waals surface area contributed by atoms with E-state index in [4.69, 9.17) is 0 Å². The van der Waals surface area contributed by atoms with Crippen LogP contribution in [0.2, 0.25) is 0 Å². The summed E-state index contributed by atoms with van der Waals surface area (Å²) < 4.78 is 0. The van der Waals surface area contributed by atoms with E-state index < -0.39 is 0 Å². The van der Waals surface area contributed by atoms with Gasteiger partial charge in [0.25, 0.3) is 0 Å². The van der Waals surface area contributed by atoms with Crippen molar-refractivity contribution >= 4 is 17.7 Å². The Bertz CT molecular complexity index is 715. The number of aldehydes is 1. The summed E-state index contributed by atoms with van der Waals surface area (Å²) >= 11 is 0. The number of nitrogens with zero attached hydrogens (tertiary/aromatic N) is 2. The van der Waals surface area contributed by atoms with E-state index in [0.717, 1.165) is 37.8 Å². The fourth-order valence-electron chi connectivity index (χ4n) is 2.89. The fraction of sp³-hybridized carbons (Fsp3) is 0.222. The average molecular weight is 276 g/mol. The highest BCUT2D eigenvalue weighted by Crippen LogP contribution is 2.34. The Morgan fingerprint density at radius 3 is 2.76 bits per heavy atom. The van der Waals surface area contributed by atoms with E-state index in [0.29, 0.717) is 11.1 Å². The SMILES string of the molecule is N#Cc1cc(C=O)ccc1N1CCCCc2ccccc21. The number of aryl methyl sites for hydroxylation is 1. The number of hydrogen-bond acceptors (Lipinski definition) is 3. The van der Waals surface area contributed by atoms with Gasteiger partial charge in [-0.15, -0.1) is 0 Å². The van der Waals surface area contributed by atoms with E-state index in [1.54, 1.807) is 12.1 Å². The van der Waals surface area contributed by atoms with Crippen LogP contribution < -0.4 is 4.90 Å². The van der Waals surface area contributed by atoms with Crippen molar-refractivity contribution in [3.05, 3.63) is 59.2 Å². The second-order valence-electron chi connectivity index (χ2n) is 5.24. The zero-order chi connectivity index (χ0) is 14.7. The van der Waals surface area contributed by atoms with Crippen LogP contribution in [-0.2, 0) is 6.42 Å². The second kappa shape index (κ2) is 5.80. The molecule has 0 N–H and O–H groups in total. The lowest BCUT2D eigenvalue weighted by atomic mass is 10.1. The zero-order valence-electron chi connectivity index (χ0n) is 11.7. The van der Waals surface area contributed by atoms with Crippen molar-refractivity contribution in [1.82, 2.24) is 0 Å². The smallest absolute Gasteiger partial charge is 0.150 e. The van der Waals surface area contributed by atoms with Crippen LogP contribution in [0.1, 0.15) is 34.3 Å². The summed E-state index contributed by atoms with van der Waals surface area (Å²) in [7, 11) is 0. The molecule has 2 aromatic rings. The standard InChI is InChI=1S/C18H16N2O/c19-12-16-11-14(13-21)8-9-18(16)20-10-4-3-6-15-5-1-2-7-17(15)20/h1-2,5,7-9,11,13H,3-4,6,10H2. The maximum absolute atomic E-state index is 10.9. The predicted molar refractivity (Wildman–Crippen MR) is 82.9 cm³/mol. The average Bonchev–Trinajstić information content (AvgIpc) is 2.76.